The molecule has 0 heterocycles. The molecule has 3 N–H and O–H groups in total. The predicted molar refractivity (Wildman–Crippen MR) is 126 cm³/mol. The number of hydrogen-bond acceptors (Lipinski definition) is 3. The van der Waals surface area contributed by atoms with Gasteiger partial charge in [-0.2, -0.15) is 0 Å². The molecule has 0 aliphatic rings. The van der Waals surface area contributed by atoms with Crippen molar-refractivity contribution in [1.82, 2.24) is 10.2 Å². The van der Waals surface area contributed by atoms with E-state index in [0.717, 1.165) is 23.0 Å². The minimum atomic E-state index is -0.138. The Morgan fingerprint density at radius 1 is 1.16 bits per heavy atom. The van der Waals surface area contributed by atoms with E-state index < -0.39 is 0 Å². The van der Waals surface area contributed by atoms with Gasteiger partial charge < -0.3 is 20.7 Å². The van der Waals surface area contributed by atoms with Gasteiger partial charge in [-0.05, 0) is 42.5 Å². The van der Waals surface area contributed by atoms with Crippen LogP contribution in [0.15, 0.2) is 47.5 Å². The highest BCUT2D eigenvalue weighted by Gasteiger charge is 2.15. The summed E-state index contributed by atoms with van der Waals surface area (Å²) >= 11 is 0. The zero-order chi connectivity index (χ0) is 23.0. The van der Waals surface area contributed by atoms with Gasteiger partial charge >= 0.3 is 0 Å². The number of nitrogens with zero attached hydrogens (tertiary/aromatic N) is 2. The third kappa shape index (κ3) is 7.24. The fourth-order valence-electron chi connectivity index (χ4n) is 3.31. The van der Waals surface area contributed by atoms with Crippen molar-refractivity contribution < 1.29 is 9.59 Å². The van der Waals surface area contributed by atoms with E-state index in [4.69, 9.17) is 5.73 Å². The van der Waals surface area contributed by atoms with Gasteiger partial charge in [0.05, 0.1) is 6.04 Å². The van der Waals surface area contributed by atoms with Crippen LogP contribution in [0, 0.1) is 19.8 Å². The van der Waals surface area contributed by atoms with Crippen molar-refractivity contribution in [3.63, 3.8) is 0 Å². The summed E-state index contributed by atoms with van der Waals surface area (Å²) in [5.41, 5.74) is 10.9. The van der Waals surface area contributed by atoms with Crippen molar-refractivity contribution in [2.45, 2.75) is 53.2 Å². The quantitative estimate of drug-likeness (QED) is 0.367. The highest BCUT2D eigenvalue weighted by atomic mass is 16.1. The van der Waals surface area contributed by atoms with Gasteiger partial charge in [-0.3, -0.25) is 4.79 Å². The molecule has 0 aliphatic heterocycles. The van der Waals surface area contributed by atoms with Crippen LogP contribution in [0.4, 0.5) is 0 Å². The predicted octanol–water partition coefficient (Wildman–Crippen LogP) is 3.59. The average Bonchev–Trinajstić information content (AvgIpc) is 2.72. The Bertz CT molecular complexity index is 937. The smallest absolute Gasteiger partial charge is 0.251 e. The molecule has 2 aromatic rings. The van der Waals surface area contributed by atoms with Crippen molar-refractivity contribution in [3.8, 4) is 0 Å². The molecule has 6 heteroatoms. The number of guanidine groups is 1. The van der Waals surface area contributed by atoms with Gasteiger partial charge in [-0.1, -0.05) is 55.8 Å². The number of aldehydes is 1. The number of hydrogen-bond donors (Lipinski definition) is 2. The SMILES string of the molecule is Cc1cccc(CNC(=O)c2cc(CN(C)C(N)=NC(CC=O)C(C)C)ccc2C)c1. The molecule has 31 heavy (non-hydrogen) atoms. The molecule has 0 saturated carbocycles. The van der Waals surface area contributed by atoms with Crippen LogP contribution in [0.2, 0.25) is 0 Å². The molecule has 0 aromatic heterocycles. The number of benzene rings is 2. The lowest BCUT2D eigenvalue weighted by molar-refractivity contribution is -0.108. The molecule has 2 rings (SSSR count). The van der Waals surface area contributed by atoms with E-state index in [0.29, 0.717) is 31.0 Å². The van der Waals surface area contributed by atoms with Crippen LogP contribution in [0.3, 0.4) is 0 Å². The van der Waals surface area contributed by atoms with Crippen molar-refractivity contribution in [1.29, 1.82) is 0 Å². The molecule has 0 fully saturated rings. The zero-order valence-corrected chi connectivity index (χ0v) is 19.2. The number of nitrogens with one attached hydrogen (secondary N) is 1. The first-order valence-corrected chi connectivity index (χ1v) is 10.6. The molecule has 2 aromatic carbocycles. The minimum absolute atomic E-state index is 0.101. The molecule has 1 atom stereocenters. The van der Waals surface area contributed by atoms with Crippen LogP contribution >= 0.6 is 0 Å². The van der Waals surface area contributed by atoms with Gasteiger partial charge in [0.2, 0.25) is 0 Å². The molecular weight excluding hydrogens is 388 g/mol. The Kier molecular flexibility index (Phi) is 8.79. The van der Waals surface area contributed by atoms with E-state index in [-0.39, 0.29) is 17.9 Å². The second-order valence-corrected chi connectivity index (χ2v) is 8.38. The number of carbonyl (C=O) groups is 2. The van der Waals surface area contributed by atoms with Crippen LogP contribution in [-0.4, -0.2) is 36.1 Å². The molecule has 0 aliphatic carbocycles. The van der Waals surface area contributed by atoms with Crippen molar-refractivity contribution in [2.75, 3.05) is 7.05 Å². The number of aliphatic imine (C=N–C) groups is 1. The highest BCUT2D eigenvalue weighted by Crippen LogP contribution is 2.15. The molecule has 0 spiro atoms. The maximum atomic E-state index is 12.8. The van der Waals surface area contributed by atoms with E-state index in [1.54, 1.807) is 0 Å². The largest absolute Gasteiger partial charge is 0.370 e. The molecular formula is C25H34N4O2. The van der Waals surface area contributed by atoms with Gasteiger partial charge in [0, 0.05) is 32.1 Å². The topological polar surface area (TPSA) is 87.8 Å². The normalized spacial score (nSPS) is 12.5. The third-order valence-electron chi connectivity index (χ3n) is 5.30. The summed E-state index contributed by atoms with van der Waals surface area (Å²) in [7, 11) is 1.86. The lowest BCUT2D eigenvalue weighted by atomic mass is 10.0. The second-order valence-electron chi connectivity index (χ2n) is 8.38. The highest BCUT2D eigenvalue weighted by molar-refractivity contribution is 5.95. The summed E-state index contributed by atoms with van der Waals surface area (Å²) in [4.78, 5) is 30.0. The summed E-state index contributed by atoms with van der Waals surface area (Å²) in [6, 6.07) is 13.8. The second kappa shape index (κ2) is 11.3. The summed E-state index contributed by atoms with van der Waals surface area (Å²) in [6.07, 6.45) is 1.23. The maximum absolute atomic E-state index is 12.8. The van der Waals surface area contributed by atoms with Crippen molar-refractivity contribution >= 4 is 18.2 Å². The van der Waals surface area contributed by atoms with Crippen LogP contribution < -0.4 is 11.1 Å². The number of aryl methyl sites for hydroxylation is 2. The van der Waals surface area contributed by atoms with E-state index in [2.05, 4.69) is 16.4 Å². The molecule has 1 amide bonds. The number of amides is 1. The lowest BCUT2D eigenvalue weighted by Gasteiger charge is -2.22. The fourth-order valence-corrected chi connectivity index (χ4v) is 3.31. The summed E-state index contributed by atoms with van der Waals surface area (Å²) in [5.74, 6) is 0.503. The first kappa shape index (κ1) is 24.1. The molecule has 1 unspecified atom stereocenters. The van der Waals surface area contributed by atoms with Crippen molar-refractivity contribution in [2.24, 2.45) is 16.6 Å². The van der Waals surface area contributed by atoms with Gasteiger partial charge in [0.1, 0.15) is 6.29 Å². The Labute approximate surface area is 185 Å². The fraction of sp³-hybridized carbons (Fsp3) is 0.400. The maximum Gasteiger partial charge on any atom is 0.251 e. The first-order chi connectivity index (χ1) is 14.7. The first-order valence-electron chi connectivity index (χ1n) is 10.6. The third-order valence-corrected chi connectivity index (χ3v) is 5.30. The number of rotatable bonds is 9. The lowest BCUT2D eigenvalue weighted by Crippen LogP contribution is -2.35. The monoisotopic (exact) mass is 422 g/mol. The minimum Gasteiger partial charge on any atom is -0.370 e. The van der Waals surface area contributed by atoms with Crippen molar-refractivity contribution in [3.05, 3.63) is 70.3 Å². The Morgan fingerprint density at radius 2 is 1.90 bits per heavy atom. The Hall–Kier alpha value is -3.15. The molecule has 0 saturated heterocycles. The van der Waals surface area contributed by atoms with Crippen LogP contribution in [0.25, 0.3) is 0 Å². The van der Waals surface area contributed by atoms with E-state index >= 15 is 0 Å². The van der Waals surface area contributed by atoms with Crippen LogP contribution in [0.5, 0.6) is 0 Å². The van der Waals surface area contributed by atoms with Gasteiger partial charge in [-0.15, -0.1) is 0 Å². The Balaban J connectivity index is 2.09. The summed E-state index contributed by atoms with van der Waals surface area (Å²) < 4.78 is 0. The summed E-state index contributed by atoms with van der Waals surface area (Å²) in [5, 5.41) is 3.01. The van der Waals surface area contributed by atoms with Gasteiger partial charge in [0.25, 0.3) is 5.91 Å². The summed E-state index contributed by atoms with van der Waals surface area (Å²) in [6.45, 7) is 9.00. The Morgan fingerprint density at radius 3 is 2.55 bits per heavy atom. The molecule has 0 bridgehead atoms. The zero-order valence-electron chi connectivity index (χ0n) is 19.2. The number of carbonyl (C=O) groups excluding carboxylic acids is 2. The van der Waals surface area contributed by atoms with Gasteiger partial charge in [0.15, 0.2) is 5.96 Å². The van der Waals surface area contributed by atoms with Gasteiger partial charge in [-0.25, -0.2) is 4.99 Å². The van der Waals surface area contributed by atoms with Crippen LogP contribution in [-0.2, 0) is 17.9 Å². The number of nitrogens with two attached hydrogens (primary N) is 1. The molecule has 166 valence electrons. The average molecular weight is 423 g/mol. The van der Waals surface area contributed by atoms with E-state index in [9.17, 15) is 9.59 Å². The van der Waals surface area contributed by atoms with E-state index in [1.165, 1.54) is 5.56 Å². The molecule has 0 radical (unpaired) electrons. The molecule has 6 nitrogen and oxygen atoms in total. The standard InChI is InChI=1S/C25H34N4O2/c1-17(2)23(11-12-30)28-25(26)29(5)16-21-10-9-19(4)22(14-21)24(31)27-15-20-8-6-7-18(3)13-20/h6-10,12-14,17,23H,11,15-16H2,1-5H3,(H2,26,28)(H,27,31). The van der Waals surface area contributed by atoms with E-state index in [1.807, 2.05) is 76.0 Å². The van der Waals surface area contributed by atoms with Crippen LogP contribution in [0.1, 0.15) is 52.9 Å².